The van der Waals surface area contributed by atoms with Gasteiger partial charge in [-0.2, -0.15) is 0 Å². The largest absolute Gasteiger partial charge is 0.306 e. The van der Waals surface area contributed by atoms with Crippen molar-refractivity contribution in [2.24, 2.45) is 0 Å². The van der Waals surface area contributed by atoms with E-state index in [4.69, 9.17) is 11.6 Å². The molecule has 4 heteroatoms. The fourth-order valence-corrected chi connectivity index (χ4v) is 3.36. The van der Waals surface area contributed by atoms with E-state index >= 15 is 0 Å². The first-order valence-corrected chi connectivity index (χ1v) is 7.77. The van der Waals surface area contributed by atoms with Gasteiger partial charge in [-0.05, 0) is 58.3 Å². The summed E-state index contributed by atoms with van der Waals surface area (Å²) < 4.78 is 1.25. The van der Waals surface area contributed by atoms with Crippen LogP contribution in [0.5, 0.6) is 0 Å². The second kappa shape index (κ2) is 6.18. The van der Waals surface area contributed by atoms with Gasteiger partial charge in [0.05, 0.1) is 11.1 Å². The molecule has 90 valence electrons. The van der Waals surface area contributed by atoms with E-state index in [9.17, 15) is 0 Å². The first-order valence-electron chi connectivity index (χ1n) is 5.44. The first-order chi connectivity index (χ1) is 8.22. The lowest BCUT2D eigenvalue weighted by atomic mass is 10.1. The summed E-state index contributed by atoms with van der Waals surface area (Å²) in [7, 11) is 0. The van der Waals surface area contributed by atoms with E-state index in [2.05, 4.69) is 59.1 Å². The van der Waals surface area contributed by atoms with Gasteiger partial charge in [0.25, 0.3) is 0 Å². The molecule has 17 heavy (non-hydrogen) atoms. The average molecular weight is 378 g/mol. The van der Waals surface area contributed by atoms with Crippen molar-refractivity contribution in [3.05, 3.63) is 54.7 Å². The van der Waals surface area contributed by atoms with Crippen molar-refractivity contribution in [3.63, 3.8) is 0 Å². The summed E-state index contributed by atoms with van der Waals surface area (Å²) in [5.74, 6) is 0. The van der Waals surface area contributed by atoms with E-state index in [0.29, 0.717) is 0 Å². The Bertz CT molecular complexity index is 480. The van der Waals surface area contributed by atoms with Gasteiger partial charge in [0.15, 0.2) is 0 Å². The topological polar surface area (TPSA) is 12.0 Å². The molecule has 2 rings (SSSR count). The predicted molar refractivity (Wildman–Crippen MR) is 84.0 cm³/mol. The normalized spacial score (nSPS) is 12.6. The summed E-state index contributed by atoms with van der Waals surface area (Å²) in [4.78, 5) is 1.19. The molecule has 0 aliphatic carbocycles. The first kappa shape index (κ1) is 13.3. The van der Waals surface area contributed by atoms with Crippen LogP contribution in [0.2, 0.25) is 5.02 Å². The zero-order chi connectivity index (χ0) is 12.3. The Kier molecular flexibility index (Phi) is 4.85. The Labute approximate surface area is 124 Å². The van der Waals surface area contributed by atoms with Crippen molar-refractivity contribution in [1.29, 1.82) is 0 Å². The van der Waals surface area contributed by atoms with Crippen LogP contribution >= 0.6 is 45.5 Å². The maximum absolute atomic E-state index is 6.22. The fourth-order valence-electron chi connectivity index (χ4n) is 1.73. The summed E-state index contributed by atoms with van der Waals surface area (Å²) in [5.41, 5.74) is 1.26. The van der Waals surface area contributed by atoms with E-state index in [1.54, 1.807) is 11.3 Å². The number of rotatable bonds is 4. The highest BCUT2D eigenvalue weighted by Gasteiger charge is 2.17. The second-order valence-electron chi connectivity index (χ2n) is 3.68. The standard InChI is InChI=1S/C13H13ClINS/c1-2-16-12(13-11(14)7-8-17-13)9-3-5-10(15)6-4-9/h3-8,12,16H,2H2,1H3. The van der Waals surface area contributed by atoms with Crippen LogP contribution < -0.4 is 5.32 Å². The Morgan fingerprint density at radius 3 is 2.53 bits per heavy atom. The SMILES string of the molecule is CCNC(c1ccc(I)cc1)c1sccc1Cl. The van der Waals surface area contributed by atoms with Crippen molar-refractivity contribution < 1.29 is 0 Å². The second-order valence-corrected chi connectivity index (χ2v) is 6.28. The molecule has 0 bridgehead atoms. The highest BCUT2D eigenvalue weighted by atomic mass is 127. The van der Waals surface area contributed by atoms with Crippen molar-refractivity contribution in [2.75, 3.05) is 6.54 Å². The zero-order valence-corrected chi connectivity index (χ0v) is 13.1. The fraction of sp³-hybridized carbons (Fsp3) is 0.231. The van der Waals surface area contributed by atoms with Crippen molar-refractivity contribution in [2.45, 2.75) is 13.0 Å². The maximum atomic E-state index is 6.22. The molecule has 0 aliphatic heterocycles. The van der Waals surface area contributed by atoms with Crippen LogP contribution in [0.15, 0.2) is 35.7 Å². The average Bonchev–Trinajstić information content (AvgIpc) is 2.74. The van der Waals surface area contributed by atoms with E-state index in [1.165, 1.54) is 14.0 Å². The van der Waals surface area contributed by atoms with Crippen LogP contribution in [-0.4, -0.2) is 6.54 Å². The summed E-state index contributed by atoms with van der Waals surface area (Å²) in [5, 5.41) is 6.37. The van der Waals surface area contributed by atoms with Crippen LogP contribution in [0.1, 0.15) is 23.4 Å². The molecule has 0 amide bonds. The van der Waals surface area contributed by atoms with Crippen molar-refractivity contribution in [1.82, 2.24) is 5.32 Å². The number of halogens is 2. The molecule has 0 radical (unpaired) electrons. The molecule has 1 unspecified atom stereocenters. The Balaban J connectivity index is 2.35. The van der Waals surface area contributed by atoms with Crippen LogP contribution in [0.25, 0.3) is 0 Å². The summed E-state index contributed by atoms with van der Waals surface area (Å²) in [6.07, 6.45) is 0. The number of hydrogen-bond acceptors (Lipinski definition) is 2. The zero-order valence-electron chi connectivity index (χ0n) is 9.41. The predicted octanol–water partition coefficient (Wildman–Crippen LogP) is 4.71. The van der Waals surface area contributed by atoms with E-state index in [-0.39, 0.29) is 6.04 Å². The molecule has 0 fully saturated rings. The minimum Gasteiger partial charge on any atom is -0.306 e. The smallest absolute Gasteiger partial charge is 0.0686 e. The highest BCUT2D eigenvalue weighted by Crippen LogP contribution is 2.32. The van der Waals surface area contributed by atoms with Gasteiger partial charge < -0.3 is 5.32 Å². The Morgan fingerprint density at radius 2 is 2.00 bits per heavy atom. The lowest BCUT2D eigenvalue weighted by Gasteiger charge is -2.17. The van der Waals surface area contributed by atoms with Gasteiger partial charge in [0, 0.05) is 8.45 Å². The van der Waals surface area contributed by atoms with Gasteiger partial charge in [0.1, 0.15) is 0 Å². The van der Waals surface area contributed by atoms with Gasteiger partial charge in [-0.3, -0.25) is 0 Å². The van der Waals surface area contributed by atoms with Crippen molar-refractivity contribution >= 4 is 45.5 Å². The monoisotopic (exact) mass is 377 g/mol. The lowest BCUT2D eigenvalue weighted by Crippen LogP contribution is -2.21. The number of benzene rings is 1. The van der Waals surface area contributed by atoms with Gasteiger partial charge in [-0.15, -0.1) is 11.3 Å². The van der Waals surface area contributed by atoms with E-state index in [1.807, 2.05) is 11.4 Å². The molecule has 1 aromatic carbocycles. The number of hydrogen-bond donors (Lipinski definition) is 1. The van der Waals surface area contributed by atoms with Crippen LogP contribution in [0, 0.1) is 3.57 Å². The van der Waals surface area contributed by atoms with Gasteiger partial charge >= 0.3 is 0 Å². The molecular weight excluding hydrogens is 365 g/mol. The summed E-state index contributed by atoms with van der Waals surface area (Å²) in [6, 6.07) is 10.7. The number of nitrogens with one attached hydrogen (secondary N) is 1. The molecule has 1 nitrogen and oxygen atoms in total. The van der Waals surface area contributed by atoms with Crippen LogP contribution in [-0.2, 0) is 0 Å². The van der Waals surface area contributed by atoms with Crippen molar-refractivity contribution in [3.8, 4) is 0 Å². The quantitative estimate of drug-likeness (QED) is 0.761. The molecule has 2 aromatic rings. The van der Waals surface area contributed by atoms with Gasteiger partial charge in [0.2, 0.25) is 0 Å². The summed E-state index contributed by atoms with van der Waals surface area (Å²) >= 11 is 10.2. The van der Waals surface area contributed by atoms with Gasteiger partial charge in [-0.1, -0.05) is 30.7 Å². The highest BCUT2D eigenvalue weighted by molar-refractivity contribution is 14.1. The molecule has 1 atom stereocenters. The molecule has 0 aliphatic rings. The summed E-state index contributed by atoms with van der Waals surface area (Å²) in [6.45, 7) is 3.03. The number of thiophene rings is 1. The molecule has 0 spiro atoms. The molecule has 1 aromatic heterocycles. The van der Waals surface area contributed by atoms with Gasteiger partial charge in [-0.25, -0.2) is 0 Å². The third kappa shape index (κ3) is 3.22. The van der Waals surface area contributed by atoms with Crippen LogP contribution in [0.4, 0.5) is 0 Å². The third-order valence-electron chi connectivity index (χ3n) is 2.52. The molecule has 1 heterocycles. The Morgan fingerprint density at radius 1 is 1.29 bits per heavy atom. The van der Waals surface area contributed by atoms with E-state index < -0.39 is 0 Å². The Hall–Kier alpha value is -0.100. The molecule has 0 saturated carbocycles. The third-order valence-corrected chi connectivity index (χ3v) is 4.66. The van der Waals surface area contributed by atoms with E-state index in [0.717, 1.165) is 11.6 Å². The molecular formula is C13H13ClINS. The maximum Gasteiger partial charge on any atom is 0.0686 e. The lowest BCUT2D eigenvalue weighted by molar-refractivity contribution is 0.640. The molecule has 0 saturated heterocycles. The minimum atomic E-state index is 0.199. The molecule has 1 N–H and O–H groups in total. The van der Waals surface area contributed by atoms with Crippen LogP contribution in [0.3, 0.4) is 0 Å². The minimum absolute atomic E-state index is 0.199.